The van der Waals surface area contributed by atoms with Crippen LogP contribution in [0.3, 0.4) is 0 Å². The predicted octanol–water partition coefficient (Wildman–Crippen LogP) is 3.14. The lowest BCUT2D eigenvalue weighted by Crippen LogP contribution is -2.31. The van der Waals surface area contributed by atoms with Crippen molar-refractivity contribution in [1.82, 2.24) is 4.90 Å². The van der Waals surface area contributed by atoms with Gasteiger partial charge in [-0.15, -0.1) is 0 Å². The van der Waals surface area contributed by atoms with Gasteiger partial charge in [0, 0.05) is 24.2 Å². The van der Waals surface area contributed by atoms with Crippen LogP contribution >= 0.6 is 0 Å². The highest BCUT2D eigenvalue weighted by atomic mass is 16.5. The van der Waals surface area contributed by atoms with Gasteiger partial charge in [-0.05, 0) is 57.0 Å². The minimum absolute atomic E-state index is 0.124. The highest BCUT2D eigenvalue weighted by Gasteiger charge is 2.28. The lowest BCUT2D eigenvalue weighted by atomic mass is 9.97. The number of carbonyl (C=O) groups is 2. The standard InChI is InChI=1S/C23H28N2O4/c1-3-28-20-10-9-17(13-21(20)29-4-2)22(26)18-7-5-6-8-19(18)23(27)25-12-11-16(14-24)15-25/h5-10,13,16H,3-4,11-12,14-15,24H2,1-2H3. The summed E-state index contributed by atoms with van der Waals surface area (Å²) in [6.07, 6.45) is 0.898. The molecule has 1 aliphatic heterocycles. The molecule has 154 valence electrons. The second kappa shape index (κ2) is 9.56. The van der Waals surface area contributed by atoms with E-state index in [2.05, 4.69) is 0 Å². The number of benzene rings is 2. The third-order valence-corrected chi connectivity index (χ3v) is 5.11. The molecule has 6 nitrogen and oxygen atoms in total. The topological polar surface area (TPSA) is 81.9 Å². The maximum absolute atomic E-state index is 13.2. The van der Waals surface area contributed by atoms with Crippen molar-refractivity contribution in [1.29, 1.82) is 0 Å². The Bertz CT molecular complexity index is 881. The fourth-order valence-corrected chi connectivity index (χ4v) is 3.60. The van der Waals surface area contributed by atoms with Gasteiger partial charge in [0.15, 0.2) is 17.3 Å². The van der Waals surface area contributed by atoms with Crippen molar-refractivity contribution >= 4 is 11.7 Å². The van der Waals surface area contributed by atoms with Crippen LogP contribution in [0.2, 0.25) is 0 Å². The summed E-state index contributed by atoms with van der Waals surface area (Å²) in [4.78, 5) is 28.1. The van der Waals surface area contributed by atoms with Crippen LogP contribution < -0.4 is 15.2 Å². The van der Waals surface area contributed by atoms with Crippen molar-refractivity contribution in [3.05, 3.63) is 59.2 Å². The minimum Gasteiger partial charge on any atom is -0.490 e. The van der Waals surface area contributed by atoms with Gasteiger partial charge >= 0.3 is 0 Å². The van der Waals surface area contributed by atoms with Gasteiger partial charge in [0.1, 0.15) is 0 Å². The van der Waals surface area contributed by atoms with Crippen LogP contribution in [0.4, 0.5) is 0 Å². The van der Waals surface area contributed by atoms with E-state index in [9.17, 15) is 9.59 Å². The number of likely N-dealkylation sites (tertiary alicyclic amines) is 1. The van der Waals surface area contributed by atoms with E-state index in [4.69, 9.17) is 15.2 Å². The maximum Gasteiger partial charge on any atom is 0.254 e. The van der Waals surface area contributed by atoms with Gasteiger partial charge in [0.2, 0.25) is 0 Å². The van der Waals surface area contributed by atoms with E-state index in [-0.39, 0.29) is 11.7 Å². The lowest BCUT2D eigenvalue weighted by Gasteiger charge is -2.18. The predicted molar refractivity (Wildman–Crippen MR) is 112 cm³/mol. The largest absolute Gasteiger partial charge is 0.490 e. The molecule has 0 radical (unpaired) electrons. The molecule has 0 bridgehead atoms. The summed E-state index contributed by atoms with van der Waals surface area (Å²) in [5.74, 6) is 1.10. The molecular weight excluding hydrogens is 368 g/mol. The highest BCUT2D eigenvalue weighted by molar-refractivity contribution is 6.15. The fourth-order valence-electron chi connectivity index (χ4n) is 3.60. The van der Waals surface area contributed by atoms with Crippen LogP contribution in [0, 0.1) is 5.92 Å². The molecule has 1 fully saturated rings. The third-order valence-electron chi connectivity index (χ3n) is 5.11. The molecule has 0 aliphatic carbocycles. The van der Waals surface area contributed by atoms with E-state index < -0.39 is 0 Å². The van der Waals surface area contributed by atoms with Crippen molar-refractivity contribution in [2.45, 2.75) is 20.3 Å². The lowest BCUT2D eigenvalue weighted by molar-refractivity contribution is 0.0783. The maximum atomic E-state index is 13.2. The van der Waals surface area contributed by atoms with Crippen LogP contribution in [0.25, 0.3) is 0 Å². The zero-order valence-corrected chi connectivity index (χ0v) is 17.0. The summed E-state index contributed by atoms with van der Waals surface area (Å²) in [6.45, 7) is 6.61. The Kier molecular flexibility index (Phi) is 6.88. The van der Waals surface area contributed by atoms with Gasteiger partial charge in [0.25, 0.3) is 5.91 Å². The Morgan fingerprint density at radius 3 is 2.38 bits per heavy atom. The molecule has 2 aromatic rings. The molecule has 1 atom stereocenters. The van der Waals surface area contributed by atoms with Crippen molar-refractivity contribution in [2.24, 2.45) is 11.7 Å². The number of rotatable bonds is 8. The zero-order valence-electron chi connectivity index (χ0n) is 17.0. The molecule has 2 N–H and O–H groups in total. The summed E-state index contributed by atoms with van der Waals surface area (Å²) >= 11 is 0. The second-order valence-corrected chi connectivity index (χ2v) is 7.04. The van der Waals surface area contributed by atoms with Crippen molar-refractivity contribution in [3.63, 3.8) is 0 Å². The number of nitrogens with zero attached hydrogens (tertiary/aromatic N) is 1. The second-order valence-electron chi connectivity index (χ2n) is 7.04. The number of hydrogen-bond donors (Lipinski definition) is 1. The molecule has 3 rings (SSSR count). The van der Waals surface area contributed by atoms with Gasteiger partial charge < -0.3 is 20.1 Å². The van der Waals surface area contributed by atoms with Gasteiger partial charge in [-0.1, -0.05) is 18.2 Å². The highest BCUT2D eigenvalue weighted by Crippen LogP contribution is 2.30. The van der Waals surface area contributed by atoms with E-state index in [0.29, 0.717) is 67.0 Å². The number of carbonyl (C=O) groups excluding carboxylic acids is 2. The van der Waals surface area contributed by atoms with E-state index in [1.54, 1.807) is 47.4 Å². The third kappa shape index (κ3) is 4.59. The van der Waals surface area contributed by atoms with Crippen molar-refractivity contribution < 1.29 is 19.1 Å². The number of hydrogen-bond acceptors (Lipinski definition) is 5. The first-order valence-electron chi connectivity index (χ1n) is 10.1. The Hall–Kier alpha value is -2.86. The molecule has 1 aliphatic rings. The molecule has 1 saturated heterocycles. The molecule has 1 heterocycles. The summed E-state index contributed by atoms with van der Waals surface area (Å²) in [5.41, 5.74) is 7.01. The average molecular weight is 396 g/mol. The Morgan fingerprint density at radius 1 is 1.03 bits per heavy atom. The quantitative estimate of drug-likeness (QED) is 0.693. The number of amides is 1. The van der Waals surface area contributed by atoms with Gasteiger partial charge in [-0.25, -0.2) is 0 Å². The number of nitrogens with two attached hydrogens (primary N) is 1. The minimum atomic E-state index is -0.215. The molecule has 0 aromatic heterocycles. The van der Waals surface area contributed by atoms with Crippen LogP contribution in [-0.2, 0) is 0 Å². The summed E-state index contributed by atoms with van der Waals surface area (Å²) < 4.78 is 11.2. The van der Waals surface area contributed by atoms with Crippen LogP contribution in [0.1, 0.15) is 46.5 Å². The molecule has 1 amide bonds. The Balaban J connectivity index is 1.90. The Morgan fingerprint density at radius 2 is 1.72 bits per heavy atom. The molecule has 2 aromatic carbocycles. The first kappa shape index (κ1) is 20.9. The summed E-state index contributed by atoms with van der Waals surface area (Å²) in [7, 11) is 0. The van der Waals surface area contributed by atoms with E-state index in [1.807, 2.05) is 13.8 Å². The number of ketones is 1. The van der Waals surface area contributed by atoms with E-state index in [1.165, 1.54) is 0 Å². The summed E-state index contributed by atoms with van der Waals surface area (Å²) in [6, 6.07) is 12.1. The normalized spacial score (nSPS) is 16.0. The molecule has 0 saturated carbocycles. The molecule has 1 unspecified atom stereocenters. The zero-order chi connectivity index (χ0) is 20.8. The molecule has 0 spiro atoms. The first-order chi connectivity index (χ1) is 14.1. The van der Waals surface area contributed by atoms with Gasteiger partial charge in [0.05, 0.1) is 18.8 Å². The monoisotopic (exact) mass is 396 g/mol. The molecule has 29 heavy (non-hydrogen) atoms. The van der Waals surface area contributed by atoms with Crippen LogP contribution in [0.5, 0.6) is 11.5 Å². The van der Waals surface area contributed by atoms with E-state index >= 15 is 0 Å². The number of ether oxygens (including phenoxy) is 2. The molecule has 6 heteroatoms. The first-order valence-corrected chi connectivity index (χ1v) is 10.1. The van der Waals surface area contributed by atoms with Crippen molar-refractivity contribution in [2.75, 3.05) is 32.8 Å². The van der Waals surface area contributed by atoms with E-state index in [0.717, 1.165) is 6.42 Å². The smallest absolute Gasteiger partial charge is 0.254 e. The average Bonchev–Trinajstić information content (AvgIpc) is 3.23. The van der Waals surface area contributed by atoms with Crippen LogP contribution in [0.15, 0.2) is 42.5 Å². The summed E-state index contributed by atoms with van der Waals surface area (Å²) in [5, 5.41) is 0. The fraction of sp³-hybridized carbons (Fsp3) is 0.391. The molecular formula is C23H28N2O4. The van der Waals surface area contributed by atoms with Gasteiger partial charge in [-0.3, -0.25) is 9.59 Å². The van der Waals surface area contributed by atoms with Gasteiger partial charge in [-0.2, -0.15) is 0 Å². The van der Waals surface area contributed by atoms with Crippen molar-refractivity contribution in [3.8, 4) is 11.5 Å². The Labute approximate surface area is 171 Å². The SMILES string of the molecule is CCOc1ccc(C(=O)c2ccccc2C(=O)N2CCC(CN)C2)cc1OCC. The van der Waals surface area contributed by atoms with Crippen LogP contribution in [-0.4, -0.2) is 49.4 Å².